The summed E-state index contributed by atoms with van der Waals surface area (Å²) in [6.45, 7) is 2.00. The van der Waals surface area contributed by atoms with E-state index in [9.17, 15) is 22.0 Å². The molecule has 0 atom stereocenters. The first-order valence-corrected chi connectivity index (χ1v) is 9.11. The number of anilines is 1. The van der Waals surface area contributed by atoms with Crippen LogP contribution in [0.15, 0.2) is 30.3 Å². The maximum Gasteiger partial charge on any atom is 0.435 e. The Hall–Kier alpha value is -2.49. The molecule has 0 amide bonds. The van der Waals surface area contributed by atoms with E-state index < -0.39 is 18.3 Å². The van der Waals surface area contributed by atoms with Gasteiger partial charge < -0.3 is 10.1 Å². The van der Waals surface area contributed by atoms with Crippen LogP contribution >= 0.6 is 0 Å². The van der Waals surface area contributed by atoms with E-state index in [-0.39, 0.29) is 23.2 Å². The fourth-order valence-electron chi connectivity index (χ4n) is 3.28. The van der Waals surface area contributed by atoms with Crippen molar-refractivity contribution in [3.63, 3.8) is 0 Å². The first kappa shape index (κ1) is 21.2. The molecule has 29 heavy (non-hydrogen) atoms. The Labute approximate surface area is 164 Å². The topological polar surface area (TPSA) is 50.3 Å². The van der Waals surface area contributed by atoms with Gasteiger partial charge in [0.25, 0.3) is 6.43 Å². The van der Waals surface area contributed by atoms with E-state index in [1.165, 1.54) is 19.2 Å². The zero-order chi connectivity index (χ0) is 21.0. The van der Waals surface area contributed by atoms with Gasteiger partial charge in [-0.05, 0) is 24.5 Å². The van der Waals surface area contributed by atoms with Gasteiger partial charge in [-0.15, -0.1) is 10.2 Å². The summed E-state index contributed by atoms with van der Waals surface area (Å²) in [6, 6.07) is 7.18. The van der Waals surface area contributed by atoms with Gasteiger partial charge in [0.2, 0.25) is 0 Å². The highest BCUT2D eigenvalue weighted by molar-refractivity contribution is 5.50. The van der Waals surface area contributed by atoms with Crippen molar-refractivity contribution in [3.05, 3.63) is 47.2 Å². The third-order valence-corrected chi connectivity index (χ3v) is 4.81. The number of hydrogen-bond donors (Lipinski definition) is 1. The van der Waals surface area contributed by atoms with Gasteiger partial charge in [-0.2, -0.15) is 13.2 Å². The van der Waals surface area contributed by atoms with Crippen molar-refractivity contribution in [2.24, 2.45) is 0 Å². The minimum Gasteiger partial charge on any atom is -0.493 e. The minimum absolute atomic E-state index is 0.00131. The molecule has 0 bridgehead atoms. The maximum atomic E-state index is 12.8. The van der Waals surface area contributed by atoms with Crippen LogP contribution in [0.1, 0.15) is 36.1 Å². The third kappa shape index (κ3) is 5.53. The van der Waals surface area contributed by atoms with Crippen LogP contribution in [-0.2, 0) is 12.7 Å². The van der Waals surface area contributed by atoms with Crippen molar-refractivity contribution in [2.45, 2.75) is 38.0 Å². The van der Waals surface area contributed by atoms with Gasteiger partial charge in [0.15, 0.2) is 17.3 Å². The molecule has 0 unspecified atom stereocenters. The number of aromatic nitrogens is 2. The highest BCUT2D eigenvalue weighted by atomic mass is 19.4. The van der Waals surface area contributed by atoms with Crippen molar-refractivity contribution in [1.82, 2.24) is 15.1 Å². The minimum atomic E-state index is -4.59. The summed E-state index contributed by atoms with van der Waals surface area (Å²) < 4.78 is 69.0. The van der Waals surface area contributed by atoms with Crippen LogP contribution in [0.4, 0.5) is 27.8 Å². The van der Waals surface area contributed by atoms with Crippen molar-refractivity contribution < 1.29 is 26.7 Å². The monoisotopic (exact) mass is 416 g/mol. The van der Waals surface area contributed by atoms with Gasteiger partial charge in [0, 0.05) is 37.3 Å². The number of ether oxygens (including phenoxy) is 1. The van der Waals surface area contributed by atoms with E-state index in [4.69, 9.17) is 4.74 Å². The summed E-state index contributed by atoms with van der Waals surface area (Å²) in [5.74, 6) is 0.155. The van der Waals surface area contributed by atoms with Gasteiger partial charge in [-0.1, -0.05) is 18.2 Å². The van der Waals surface area contributed by atoms with Crippen LogP contribution in [0.2, 0.25) is 0 Å². The van der Waals surface area contributed by atoms with E-state index in [0.717, 1.165) is 24.5 Å². The summed E-state index contributed by atoms with van der Waals surface area (Å²) in [4.78, 5) is 2.15. The summed E-state index contributed by atoms with van der Waals surface area (Å²) >= 11 is 0. The van der Waals surface area contributed by atoms with Crippen LogP contribution in [0.25, 0.3) is 0 Å². The van der Waals surface area contributed by atoms with Crippen LogP contribution < -0.4 is 10.1 Å². The number of benzene rings is 1. The average Bonchev–Trinajstić information content (AvgIpc) is 2.69. The second-order valence-corrected chi connectivity index (χ2v) is 6.88. The number of rotatable bonds is 6. The lowest BCUT2D eigenvalue weighted by molar-refractivity contribution is -0.141. The number of halogens is 5. The summed E-state index contributed by atoms with van der Waals surface area (Å²) in [5.41, 5.74) is -0.280. The number of alkyl halides is 5. The predicted molar refractivity (Wildman–Crippen MR) is 96.9 cm³/mol. The second-order valence-electron chi connectivity index (χ2n) is 6.88. The predicted octanol–water partition coefficient (Wildman–Crippen LogP) is 4.52. The molecular formula is C19H21F5N4O. The van der Waals surface area contributed by atoms with Crippen molar-refractivity contribution >= 4 is 5.82 Å². The third-order valence-electron chi connectivity index (χ3n) is 4.81. The Kier molecular flexibility index (Phi) is 6.51. The number of likely N-dealkylation sites (tertiary alicyclic amines) is 1. The molecule has 1 aromatic heterocycles. The van der Waals surface area contributed by atoms with Gasteiger partial charge in [-0.3, -0.25) is 4.90 Å². The molecule has 1 aromatic carbocycles. The molecule has 1 saturated heterocycles. The van der Waals surface area contributed by atoms with E-state index in [2.05, 4.69) is 20.4 Å². The largest absolute Gasteiger partial charge is 0.493 e. The molecule has 158 valence electrons. The zero-order valence-corrected chi connectivity index (χ0v) is 15.7. The molecule has 1 aliphatic heterocycles. The lowest BCUT2D eigenvalue weighted by Gasteiger charge is -2.32. The number of nitrogens with zero attached hydrogens (tertiary/aromatic N) is 3. The molecular weight excluding hydrogens is 395 g/mol. The standard InChI is InChI=1S/C19H21F5N4O/c1-29-15-10-16(19(22,23)24)26-27-18(15)25-14-5-7-28(8-6-14)11-12-3-2-4-13(9-12)17(20)21/h2-4,9-10,14,17H,5-8,11H2,1H3,(H,25,27). The summed E-state index contributed by atoms with van der Waals surface area (Å²) in [6.07, 6.45) is -5.64. The SMILES string of the molecule is COc1cc(C(F)(F)F)nnc1NC1CCN(Cc2cccc(C(F)F)c2)CC1. The highest BCUT2D eigenvalue weighted by Crippen LogP contribution is 2.32. The molecule has 2 heterocycles. The highest BCUT2D eigenvalue weighted by Gasteiger charge is 2.34. The summed E-state index contributed by atoms with van der Waals surface area (Å²) in [5, 5.41) is 9.96. The number of methoxy groups -OCH3 is 1. The molecule has 0 saturated carbocycles. The first-order chi connectivity index (χ1) is 13.8. The fourth-order valence-corrected chi connectivity index (χ4v) is 3.28. The Bertz CT molecular complexity index is 822. The molecule has 0 radical (unpaired) electrons. The summed E-state index contributed by atoms with van der Waals surface area (Å²) in [7, 11) is 1.28. The molecule has 5 nitrogen and oxygen atoms in total. The quantitative estimate of drug-likeness (QED) is 0.702. The lowest BCUT2D eigenvalue weighted by Crippen LogP contribution is -2.39. The Morgan fingerprint density at radius 2 is 1.90 bits per heavy atom. The Morgan fingerprint density at radius 3 is 2.52 bits per heavy atom. The van der Waals surface area contributed by atoms with Crippen LogP contribution in [-0.4, -0.2) is 41.3 Å². The van der Waals surface area contributed by atoms with E-state index in [1.807, 2.05) is 6.07 Å². The number of nitrogens with one attached hydrogen (secondary N) is 1. The Morgan fingerprint density at radius 1 is 1.17 bits per heavy atom. The van der Waals surface area contributed by atoms with Crippen LogP contribution in [0.5, 0.6) is 5.75 Å². The smallest absolute Gasteiger partial charge is 0.435 e. The van der Waals surface area contributed by atoms with Gasteiger partial charge in [0.05, 0.1) is 7.11 Å². The normalized spacial score (nSPS) is 16.2. The van der Waals surface area contributed by atoms with Crippen molar-refractivity contribution in [1.29, 1.82) is 0 Å². The van der Waals surface area contributed by atoms with Gasteiger partial charge >= 0.3 is 6.18 Å². The fraction of sp³-hybridized carbons (Fsp3) is 0.474. The molecule has 2 aromatic rings. The molecule has 3 rings (SSSR count). The molecule has 1 aliphatic rings. The van der Waals surface area contributed by atoms with Crippen LogP contribution in [0.3, 0.4) is 0 Å². The van der Waals surface area contributed by atoms with Gasteiger partial charge in [-0.25, -0.2) is 8.78 Å². The molecule has 0 aliphatic carbocycles. The molecule has 1 N–H and O–H groups in total. The Balaban J connectivity index is 1.57. The average molecular weight is 416 g/mol. The zero-order valence-electron chi connectivity index (χ0n) is 15.7. The number of hydrogen-bond acceptors (Lipinski definition) is 5. The molecule has 0 spiro atoms. The van der Waals surface area contributed by atoms with Crippen LogP contribution in [0, 0.1) is 0 Å². The number of piperidine rings is 1. The van der Waals surface area contributed by atoms with Crippen molar-refractivity contribution in [2.75, 3.05) is 25.5 Å². The van der Waals surface area contributed by atoms with Gasteiger partial charge in [0.1, 0.15) is 0 Å². The molecule has 1 fully saturated rings. The van der Waals surface area contributed by atoms with E-state index >= 15 is 0 Å². The maximum absolute atomic E-state index is 12.8. The molecule has 10 heteroatoms. The lowest BCUT2D eigenvalue weighted by atomic mass is 10.0. The van der Waals surface area contributed by atoms with Crippen molar-refractivity contribution in [3.8, 4) is 5.75 Å². The van der Waals surface area contributed by atoms with E-state index in [0.29, 0.717) is 19.6 Å². The first-order valence-electron chi connectivity index (χ1n) is 9.11. The second kappa shape index (κ2) is 8.89. The van der Waals surface area contributed by atoms with E-state index in [1.54, 1.807) is 6.07 Å².